The zero-order valence-electron chi connectivity index (χ0n) is 14.4. The number of rotatable bonds is 4. The van der Waals surface area contributed by atoms with Crippen molar-refractivity contribution in [3.05, 3.63) is 42.2 Å². The summed E-state index contributed by atoms with van der Waals surface area (Å²) in [4.78, 5) is 20.4. The summed E-state index contributed by atoms with van der Waals surface area (Å²) in [5.74, 6) is -1.37. The van der Waals surface area contributed by atoms with Crippen LogP contribution in [0.25, 0.3) is 0 Å². The summed E-state index contributed by atoms with van der Waals surface area (Å²) in [5, 5.41) is 2.74. The molecule has 2 aromatic rings. The number of carbonyl (C=O) groups excluding carboxylic acids is 1. The van der Waals surface area contributed by atoms with Gasteiger partial charge in [0.15, 0.2) is 5.82 Å². The molecule has 5 nitrogen and oxygen atoms in total. The molecule has 0 aliphatic heterocycles. The number of carbonyl (C=O) groups is 1. The first-order valence-corrected chi connectivity index (χ1v) is 7.88. The molecule has 0 atom stereocenters. The second-order valence-corrected chi connectivity index (χ2v) is 7.31. The molecule has 0 unspecified atom stereocenters. The number of nitrogens with zero attached hydrogens (tertiary/aromatic N) is 2. The van der Waals surface area contributed by atoms with Crippen molar-refractivity contribution in [2.24, 2.45) is 16.7 Å². The van der Waals surface area contributed by atoms with Crippen molar-refractivity contribution in [3.8, 4) is 11.6 Å². The molecule has 0 radical (unpaired) electrons. The quantitative estimate of drug-likeness (QED) is 0.902. The number of halogens is 2. The summed E-state index contributed by atoms with van der Waals surface area (Å²) in [7, 11) is 0. The van der Waals surface area contributed by atoms with Gasteiger partial charge in [-0.05, 0) is 10.8 Å². The Bertz CT molecular complexity index is 785. The van der Waals surface area contributed by atoms with Gasteiger partial charge in [-0.25, -0.2) is 18.7 Å². The highest BCUT2D eigenvalue weighted by Gasteiger charge is 2.68. The van der Waals surface area contributed by atoms with Crippen LogP contribution in [-0.2, 0) is 4.79 Å². The third-order valence-electron chi connectivity index (χ3n) is 5.22. The van der Waals surface area contributed by atoms with E-state index >= 15 is 0 Å². The van der Waals surface area contributed by atoms with Crippen LogP contribution < -0.4 is 10.1 Å². The number of hydrogen-bond acceptors (Lipinski definition) is 4. The molecule has 25 heavy (non-hydrogen) atoms. The zero-order valence-corrected chi connectivity index (χ0v) is 14.4. The lowest BCUT2D eigenvalue weighted by molar-refractivity contribution is -0.118. The van der Waals surface area contributed by atoms with E-state index < -0.39 is 11.6 Å². The lowest BCUT2D eigenvalue weighted by atomic mass is 10.0. The number of hydrogen-bond donors (Lipinski definition) is 1. The molecule has 1 N–H and O–H groups in total. The summed E-state index contributed by atoms with van der Waals surface area (Å²) in [6.07, 6.45) is 2.62. The molecule has 1 saturated carbocycles. The third kappa shape index (κ3) is 3.18. The summed E-state index contributed by atoms with van der Waals surface area (Å²) >= 11 is 0. The number of anilines is 1. The maximum absolute atomic E-state index is 13.1. The van der Waals surface area contributed by atoms with Crippen LogP contribution in [0.5, 0.6) is 11.6 Å². The smallest absolute Gasteiger partial charge is 0.237 e. The molecule has 1 amide bonds. The maximum atomic E-state index is 13.1. The first-order chi connectivity index (χ1) is 11.6. The van der Waals surface area contributed by atoms with Gasteiger partial charge >= 0.3 is 0 Å². The molecule has 0 spiro atoms. The molecular weight excluding hydrogens is 328 g/mol. The Morgan fingerprint density at radius 3 is 2.12 bits per heavy atom. The molecular formula is C18H19F2N3O2. The van der Waals surface area contributed by atoms with E-state index in [9.17, 15) is 13.6 Å². The highest BCUT2D eigenvalue weighted by atomic mass is 19.1. The van der Waals surface area contributed by atoms with Crippen LogP contribution >= 0.6 is 0 Å². The number of amides is 1. The van der Waals surface area contributed by atoms with Crippen molar-refractivity contribution in [2.75, 3.05) is 5.32 Å². The minimum atomic E-state index is -0.749. The van der Waals surface area contributed by atoms with E-state index in [0.29, 0.717) is 5.82 Å². The van der Waals surface area contributed by atoms with Crippen LogP contribution in [-0.4, -0.2) is 15.9 Å². The predicted octanol–water partition coefficient (Wildman–Crippen LogP) is 4.17. The van der Waals surface area contributed by atoms with Crippen molar-refractivity contribution in [2.45, 2.75) is 27.7 Å². The molecule has 7 heteroatoms. The second kappa shape index (κ2) is 5.75. The van der Waals surface area contributed by atoms with Crippen LogP contribution in [0.15, 0.2) is 30.6 Å². The van der Waals surface area contributed by atoms with Crippen molar-refractivity contribution >= 4 is 11.7 Å². The van der Waals surface area contributed by atoms with E-state index in [0.717, 1.165) is 18.2 Å². The first kappa shape index (κ1) is 17.3. The van der Waals surface area contributed by atoms with E-state index in [1.807, 2.05) is 0 Å². The van der Waals surface area contributed by atoms with Gasteiger partial charge in [-0.3, -0.25) is 4.79 Å². The SMILES string of the molecule is CC1(C)C(C(=O)Nc2cnc(Oc3cc(F)cc(F)c3)cn2)C1(C)C. The van der Waals surface area contributed by atoms with Crippen LogP contribution in [0.2, 0.25) is 0 Å². The van der Waals surface area contributed by atoms with E-state index in [4.69, 9.17) is 4.74 Å². The molecule has 1 aromatic heterocycles. The fourth-order valence-corrected chi connectivity index (χ4v) is 3.19. The molecule has 1 aliphatic rings. The van der Waals surface area contributed by atoms with Gasteiger partial charge in [0.25, 0.3) is 0 Å². The fraction of sp³-hybridized carbons (Fsp3) is 0.389. The topological polar surface area (TPSA) is 64.1 Å². The molecule has 1 fully saturated rings. The third-order valence-corrected chi connectivity index (χ3v) is 5.22. The Kier molecular flexibility index (Phi) is 3.97. The lowest BCUT2D eigenvalue weighted by Gasteiger charge is -2.07. The Morgan fingerprint density at radius 1 is 1.04 bits per heavy atom. The monoisotopic (exact) mass is 347 g/mol. The van der Waals surface area contributed by atoms with E-state index in [1.54, 1.807) is 0 Å². The van der Waals surface area contributed by atoms with Gasteiger partial charge in [-0.2, -0.15) is 0 Å². The highest BCUT2D eigenvalue weighted by molar-refractivity contribution is 5.95. The number of nitrogens with one attached hydrogen (secondary N) is 1. The normalized spacial score (nSPS) is 17.8. The Balaban J connectivity index is 1.66. The van der Waals surface area contributed by atoms with E-state index in [1.165, 1.54) is 12.4 Å². The van der Waals surface area contributed by atoms with Gasteiger partial charge in [0.1, 0.15) is 17.4 Å². The van der Waals surface area contributed by atoms with Crippen molar-refractivity contribution in [1.29, 1.82) is 0 Å². The van der Waals surface area contributed by atoms with Crippen LogP contribution in [0.4, 0.5) is 14.6 Å². The lowest BCUT2D eigenvalue weighted by Crippen LogP contribution is -2.18. The van der Waals surface area contributed by atoms with Crippen molar-refractivity contribution < 1.29 is 18.3 Å². The van der Waals surface area contributed by atoms with Gasteiger partial charge in [0.2, 0.25) is 11.8 Å². The second-order valence-electron chi connectivity index (χ2n) is 7.31. The predicted molar refractivity (Wildman–Crippen MR) is 88.1 cm³/mol. The van der Waals surface area contributed by atoms with Crippen molar-refractivity contribution in [3.63, 3.8) is 0 Å². The van der Waals surface area contributed by atoms with Gasteiger partial charge in [-0.1, -0.05) is 27.7 Å². The molecule has 1 heterocycles. The van der Waals surface area contributed by atoms with Crippen LogP contribution in [0.3, 0.4) is 0 Å². The molecule has 1 aromatic carbocycles. The minimum absolute atomic E-state index is 0.0231. The van der Waals surface area contributed by atoms with Gasteiger partial charge in [-0.15, -0.1) is 0 Å². The molecule has 0 saturated heterocycles. The van der Waals surface area contributed by atoms with Crippen molar-refractivity contribution in [1.82, 2.24) is 9.97 Å². The Morgan fingerprint density at radius 2 is 1.64 bits per heavy atom. The summed E-state index contributed by atoms with van der Waals surface area (Å²) in [6, 6.07) is 2.83. The highest BCUT2D eigenvalue weighted by Crippen LogP contribution is 2.68. The molecule has 1 aliphatic carbocycles. The standard InChI is InChI=1S/C18H19F2N3O2/c1-17(2)15(18(17,3)4)16(24)23-13-8-22-14(9-21-13)25-12-6-10(19)5-11(20)7-12/h5-9,15H,1-4H3,(H,21,23,24). The van der Waals surface area contributed by atoms with Gasteiger partial charge in [0.05, 0.1) is 12.4 Å². The molecule has 132 valence electrons. The number of benzene rings is 1. The average Bonchev–Trinajstić information content (AvgIpc) is 2.89. The maximum Gasteiger partial charge on any atom is 0.237 e. The Hall–Kier alpha value is -2.57. The summed E-state index contributed by atoms with van der Waals surface area (Å²) in [5.41, 5.74) is -0.149. The molecule has 3 rings (SSSR count). The summed E-state index contributed by atoms with van der Waals surface area (Å²) in [6.45, 7) is 8.21. The van der Waals surface area contributed by atoms with Gasteiger partial charge in [0, 0.05) is 24.1 Å². The average molecular weight is 347 g/mol. The fourth-order valence-electron chi connectivity index (χ4n) is 3.19. The first-order valence-electron chi connectivity index (χ1n) is 7.88. The van der Waals surface area contributed by atoms with Crippen LogP contribution in [0.1, 0.15) is 27.7 Å². The minimum Gasteiger partial charge on any atom is -0.437 e. The summed E-state index contributed by atoms with van der Waals surface area (Å²) < 4.78 is 31.5. The number of ether oxygens (including phenoxy) is 1. The van der Waals surface area contributed by atoms with E-state index in [-0.39, 0.29) is 34.3 Å². The largest absolute Gasteiger partial charge is 0.437 e. The molecule has 0 bridgehead atoms. The number of aromatic nitrogens is 2. The van der Waals surface area contributed by atoms with Gasteiger partial charge < -0.3 is 10.1 Å². The Labute approximate surface area is 144 Å². The zero-order chi connectivity index (χ0) is 18.4. The van der Waals surface area contributed by atoms with E-state index in [2.05, 4.69) is 43.0 Å². The van der Waals surface area contributed by atoms with Crippen LogP contribution in [0, 0.1) is 28.4 Å².